The molecule has 0 aromatic heterocycles. The third-order valence-corrected chi connectivity index (χ3v) is 5.51. The van der Waals surface area contributed by atoms with Gasteiger partial charge in [0.1, 0.15) is 0 Å². The molecule has 33 heavy (non-hydrogen) atoms. The molecule has 1 saturated heterocycles. The first-order valence-corrected chi connectivity index (χ1v) is 11.1. The fourth-order valence-corrected chi connectivity index (χ4v) is 3.78. The van der Waals surface area contributed by atoms with Gasteiger partial charge in [0, 0.05) is 59.3 Å². The van der Waals surface area contributed by atoms with Crippen LogP contribution in [0.25, 0.3) is 0 Å². The van der Waals surface area contributed by atoms with Crippen LogP contribution in [0.3, 0.4) is 0 Å². The molecule has 7 nitrogen and oxygen atoms in total. The number of nitrogens with zero attached hydrogens (tertiary/aromatic N) is 3. The van der Waals surface area contributed by atoms with Crippen LogP contribution in [0, 0.1) is 0 Å². The molecule has 178 valence electrons. The highest BCUT2D eigenvalue weighted by molar-refractivity contribution is 14.0. The molecule has 1 fully saturated rings. The van der Waals surface area contributed by atoms with Crippen molar-refractivity contribution in [3.63, 3.8) is 0 Å². The van der Waals surface area contributed by atoms with Crippen molar-refractivity contribution >= 4 is 41.8 Å². The van der Waals surface area contributed by atoms with Crippen LogP contribution in [0.2, 0.25) is 0 Å². The highest BCUT2D eigenvalue weighted by Crippen LogP contribution is 2.15. The summed E-state index contributed by atoms with van der Waals surface area (Å²) in [5.74, 6) is 0.981. The lowest BCUT2D eigenvalue weighted by molar-refractivity contribution is -0.128. The molecule has 2 amide bonds. The molecular weight excluding hydrogens is 529 g/mol. The van der Waals surface area contributed by atoms with Crippen molar-refractivity contribution in [2.24, 2.45) is 4.99 Å². The summed E-state index contributed by atoms with van der Waals surface area (Å²) in [5, 5.41) is 6.67. The fraction of sp³-hybridized carbons (Fsp3) is 0.400. The molecule has 2 aromatic rings. The largest absolute Gasteiger partial charge is 0.356 e. The van der Waals surface area contributed by atoms with Crippen molar-refractivity contribution in [3.8, 4) is 0 Å². The van der Waals surface area contributed by atoms with Crippen molar-refractivity contribution in [2.75, 3.05) is 34.2 Å². The van der Waals surface area contributed by atoms with Gasteiger partial charge in [0.2, 0.25) is 5.91 Å². The van der Waals surface area contributed by atoms with Gasteiger partial charge in [-0.1, -0.05) is 36.4 Å². The molecule has 0 saturated carbocycles. The van der Waals surface area contributed by atoms with Crippen LogP contribution >= 0.6 is 24.0 Å². The van der Waals surface area contributed by atoms with Crippen LogP contribution in [0.15, 0.2) is 53.5 Å². The number of hydrogen-bond donors (Lipinski definition) is 2. The second kappa shape index (κ2) is 13.2. The van der Waals surface area contributed by atoms with E-state index in [2.05, 4.69) is 33.8 Å². The van der Waals surface area contributed by atoms with E-state index in [0.29, 0.717) is 31.6 Å². The molecule has 1 heterocycles. The number of aliphatic imine (C=N–C) groups is 1. The Morgan fingerprint density at radius 1 is 1.06 bits per heavy atom. The summed E-state index contributed by atoms with van der Waals surface area (Å²) in [6, 6.07) is 16.0. The minimum Gasteiger partial charge on any atom is -0.356 e. The first-order valence-electron chi connectivity index (χ1n) is 11.1. The zero-order chi connectivity index (χ0) is 22.9. The van der Waals surface area contributed by atoms with Gasteiger partial charge in [-0.3, -0.25) is 14.6 Å². The Labute approximate surface area is 213 Å². The molecule has 3 rings (SSSR count). The number of halogens is 1. The summed E-state index contributed by atoms with van der Waals surface area (Å²) < 4.78 is 0. The Hall–Kier alpha value is -2.62. The number of carbonyl (C=O) groups excluding carboxylic acids is 2. The number of amides is 2. The topological polar surface area (TPSA) is 77.0 Å². The molecule has 0 aliphatic carbocycles. The number of hydrogen-bond acceptors (Lipinski definition) is 3. The van der Waals surface area contributed by atoms with Crippen LogP contribution in [0.1, 0.15) is 39.9 Å². The van der Waals surface area contributed by atoms with E-state index in [-0.39, 0.29) is 35.8 Å². The number of carbonyl (C=O) groups is 2. The zero-order valence-electron chi connectivity index (χ0n) is 19.6. The van der Waals surface area contributed by atoms with Gasteiger partial charge in [-0.25, -0.2) is 0 Å². The Bertz CT molecular complexity index is 977. The van der Waals surface area contributed by atoms with Crippen molar-refractivity contribution < 1.29 is 9.59 Å². The lowest BCUT2D eigenvalue weighted by Gasteiger charge is -2.16. The van der Waals surface area contributed by atoms with E-state index in [0.717, 1.165) is 42.0 Å². The monoisotopic (exact) mass is 563 g/mol. The number of benzene rings is 2. The summed E-state index contributed by atoms with van der Waals surface area (Å²) >= 11 is 0. The first kappa shape index (κ1) is 26.6. The van der Waals surface area contributed by atoms with Crippen LogP contribution in [0.5, 0.6) is 0 Å². The first-order chi connectivity index (χ1) is 15.5. The predicted octanol–water partition coefficient (Wildman–Crippen LogP) is 3.04. The van der Waals surface area contributed by atoms with Crippen molar-refractivity contribution in [3.05, 3.63) is 70.8 Å². The van der Waals surface area contributed by atoms with Crippen LogP contribution in [-0.4, -0.2) is 61.8 Å². The third kappa shape index (κ3) is 8.03. The molecular formula is C25H34IN5O2. The van der Waals surface area contributed by atoms with E-state index in [1.54, 1.807) is 26.0 Å². The van der Waals surface area contributed by atoms with E-state index in [9.17, 15) is 9.59 Å². The van der Waals surface area contributed by atoms with Crippen molar-refractivity contribution in [2.45, 2.75) is 32.4 Å². The molecule has 0 bridgehead atoms. The van der Waals surface area contributed by atoms with Gasteiger partial charge in [0.15, 0.2) is 5.96 Å². The van der Waals surface area contributed by atoms with E-state index in [4.69, 9.17) is 0 Å². The molecule has 1 aliphatic rings. The van der Waals surface area contributed by atoms with Gasteiger partial charge in [-0.2, -0.15) is 0 Å². The average molecular weight is 563 g/mol. The van der Waals surface area contributed by atoms with Gasteiger partial charge in [-0.05, 0) is 41.7 Å². The van der Waals surface area contributed by atoms with Crippen LogP contribution in [-0.2, 0) is 24.3 Å². The lowest BCUT2D eigenvalue weighted by atomic mass is 10.1. The number of likely N-dealkylation sites (tertiary alicyclic amines) is 1. The van der Waals surface area contributed by atoms with E-state index < -0.39 is 0 Å². The molecule has 0 radical (unpaired) electrons. The smallest absolute Gasteiger partial charge is 0.253 e. The van der Waals surface area contributed by atoms with Crippen LogP contribution in [0.4, 0.5) is 0 Å². The molecule has 0 spiro atoms. The quantitative estimate of drug-likeness (QED) is 0.294. The van der Waals surface area contributed by atoms with Crippen molar-refractivity contribution in [1.29, 1.82) is 0 Å². The average Bonchev–Trinajstić information content (AvgIpc) is 3.20. The van der Waals surface area contributed by atoms with Gasteiger partial charge in [0.25, 0.3) is 5.91 Å². The Morgan fingerprint density at radius 2 is 1.79 bits per heavy atom. The van der Waals surface area contributed by atoms with Gasteiger partial charge in [-0.15, -0.1) is 24.0 Å². The number of guanidine groups is 1. The SMILES string of the molecule is CN=C(NCCc1cccc(C(=O)N(C)C)c1)NCc1cccc(CN2CCCC2=O)c1.I. The second-order valence-corrected chi connectivity index (χ2v) is 8.24. The van der Waals surface area contributed by atoms with Crippen molar-refractivity contribution in [1.82, 2.24) is 20.4 Å². The van der Waals surface area contributed by atoms with Crippen LogP contribution < -0.4 is 10.6 Å². The maximum atomic E-state index is 12.1. The van der Waals surface area contributed by atoms with Gasteiger partial charge >= 0.3 is 0 Å². The second-order valence-electron chi connectivity index (χ2n) is 8.24. The normalized spacial score (nSPS) is 13.5. The molecule has 0 unspecified atom stereocenters. The highest BCUT2D eigenvalue weighted by atomic mass is 127. The summed E-state index contributed by atoms with van der Waals surface area (Å²) in [7, 11) is 5.27. The molecule has 8 heteroatoms. The van der Waals surface area contributed by atoms with Gasteiger partial charge < -0.3 is 20.4 Å². The number of nitrogens with one attached hydrogen (secondary N) is 2. The van der Waals surface area contributed by atoms with E-state index in [1.807, 2.05) is 35.2 Å². The lowest BCUT2D eigenvalue weighted by Crippen LogP contribution is -2.37. The highest BCUT2D eigenvalue weighted by Gasteiger charge is 2.19. The predicted molar refractivity (Wildman–Crippen MR) is 143 cm³/mol. The minimum absolute atomic E-state index is 0. The maximum absolute atomic E-state index is 12.1. The van der Waals surface area contributed by atoms with Gasteiger partial charge in [0.05, 0.1) is 0 Å². The fourth-order valence-electron chi connectivity index (χ4n) is 3.78. The third-order valence-electron chi connectivity index (χ3n) is 5.51. The summed E-state index contributed by atoms with van der Waals surface area (Å²) in [6.45, 7) is 2.88. The maximum Gasteiger partial charge on any atom is 0.253 e. The summed E-state index contributed by atoms with van der Waals surface area (Å²) in [6.07, 6.45) is 2.41. The minimum atomic E-state index is 0. The molecule has 0 atom stereocenters. The Balaban J connectivity index is 0.00000385. The number of rotatable bonds is 8. The Kier molecular flexibility index (Phi) is 10.6. The standard InChI is InChI=1S/C25H33N5O2.HI/c1-26-25(27-13-12-19-7-5-10-22(16-19)24(32)29(2)3)28-17-20-8-4-9-21(15-20)18-30-14-6-11-23(30)31;/h4-5,7-10,15-16H,6,11-14,17-18H2,1-3H3,(H2,26,27,28);1H. The van der Waals surface area contributed by atoms with E-state index in [1.165, 1.54) is 0 Å². The molecule has 2 aromatic carbocycles. The molecule has 2 N–H and O–H groups in total. The zero-order valence-corrected chi connectivity index (χ0v) is 22.0. The summed E-state index contributed by atoms with van der Waals surface area (Å²) in [5.41, 5.74) is 4.09. The molecule has 1 aliphatic heterocycles. The van der Waals surface area contributed by atoms with E-state index >= 15 is 0 Å². The Morgan fingerprint density at radius 3 is 2.48 bits per heavy atom. The summed E-state index contributed by atoms with van der Waals surface area (Å²) in [4.78, 5) is 31.8.